The number of hydrogen-bond donors (Lipinski definition) is 2. The van der Waals surface area contributed by atoms with Crippen molar-refractivity contribution in [3.8, 4) is 0 Å². The Labute approximate surface area is 130 Å². The van der Waals surface area contributed by atoms with Gasteiger partial charge < -0.3 is 15.3 Å². The van der Waals surface area contributed by atoms with E-state index in [1.807, 2.05) is 18.2 Å². The van der Waals surface area contributed by atoms with Gasteiger partial charge in [0.2, 0.25) is 5.91 Å². The first-order valence-electron chi connectivity index (χ1n) is 7.66. The summed E-state index contributed by atoms with van der Waals surface area (Å²) in [6.07, 6.45) is 0.395. The van der Waals surface area contributed by atoms with Gasteiger partial charge in [0.1, 0.15) is 0 Å². The molecule has 0 radical (unpaired) electrons. The molecule has 1 aromatic rings. The molecule has 0 aromatic heterocycles. The molecule has 1 fully saturated rings. The van der Waals surface area contributed by atoms with Crippen LogP contribution in [0, 0.1) is 0 Å². The monoisotopic (exact) mass is 305 g/mol. The van der Waals surface area contributed by atoms with Gasteiger partial charge in [0.25, 0.3) is 0 Å². The van der Waals surface area contributed by atoms with Gasteiger partial charge in [-0.2, -0.15) is 0 Å². The van der Waals surface area contributed by atoms with Crippen LogP contribution in [0.4, 0.5) is 5.69 Å². The van der Waals surface area contributed by atoms with E-state index in [1.54, 1.807) is 0 Å². The highest BCUT2D eigenvalue weighted by Crippen LogP contribution is 2.15. The van der Waals surface area contributed by atoms with Crippen LogP contribution in [-0.4, -0.2) is 61.2 Å². The van der Waals surface area contributed by atoms with Crippen LogP contribution in [0.15, 0.2) is 30.3 Å². The van der Waals surface area contributed by atoms with E-state index < -0.39 is 5.97 Å². The summed E-state index contributed by atoms with van der Waals surface area (Å²) in [5, 5.41) is 11.1. The number of rotatable bonds is 7. The van der Waals surface area contributed by atoms with Crippen molar-refractivity contribution in [2.24, 2.45) is 0 Å². The molecule has 0 saturated carbocycles. The number of nitrogens with one attached hydrogen (secondary N) is 1. The van der Waals surface area contributed by atoms with E-state index >= 15 is 0 Å². The lowest BCUT2D eigenvalue weighted by Gasteiger charge is -2.36. The molecule has 1 aliphatic heterocycles. The van der Waals surface area contributed by atoms with Gasteiger partial charge in [-0.1, -0.05) is 18.2 Å². The third-order valence-electron chi connectivity index (χ3n) is 3.81. The van der Waals surface area contributed by atoms with Gasteiger partial charge >= 0.3 is 5.97 Å². The minimum Gasteiger partial charge on any atom is -0.481 e. The Morgan fingerprint density at radius 2 is 1.73 bits per heavy atom. The third kappa shape index (κ3) is 5.37. The maximum absolute atomic E-state index is 11.6. The van der Waals surface area contributed by atoms with Crippen molar-refractivity contribution in [2.75, 3.05) is 44.2 Å². The van der Waals surface area contributed by atoms with E-state index in [9.17, 15) is 9.59 Å². The Hall–Kier alpha value is -2.08. The lowest BCUT2D eigenvalue weighted by atomic mass is 10.2. The van der Waals surface area contributed by atoms with Crippen molar-refractivity contribution >= 4 is 17.6 Å². The van der Waals surface area contributed by atoms with Gasteiger partial charge in [-0.15, -0.1) is 0 Å². The minimum atomic E-state index is -0.891. The summed E-state index contributed by atoms with van der Waals surface area (Å²) >= 11 is 0. The number of carbonyl (C=O) groups is 2. The highest BCUT2D eigenvalue weighted by atomic mass is 16.4. The zero-order valence-corrected chi connectivity index (χ0v) is 12.7. The van der Waals surface area contributed by atoms with E-state index in [2.05, 4.69) is 27.2 Å². The van der Waals surface area contributed by atoms with Gasteiger partial charge in [0.15, 0.2) is 0 Å². The first kappa shape index (κ1) is 16.3. The molecule has 2 rings (SSSR count). The van der Waals surface area contributed by atoms with Crippen molar-refractivity contribution in [1.29, 1.82) is 0 Å². The molecule has 120 valence electrons. The largest absolute Gasteiger partial charge is 0.481 e. The van der Waals surface area contributed by atoms with Crippen molar-refractivity contribution in [2.45, 2.75) is 12.8 Å². The van der Waals surface area contributed by atoms with Crippen molar-refractivity contribution in [3.05, 3.63) is 30.3 Å². The number of hydrogen-bond acceptors (Lipinski definition) is 4. The topological polar surface area (TPSA) is 72.9 Å². The lowest BCUT2D eigenvalue weighted by molar-refractivity contribution is -0.136. The maximum atomic E-state index is 11.6. The van der Waals surface area contributed by atoms with Crippen LogP contribution in [0.2, 0.25) is 0 Å². The predicted molar refractivity (Wildman–Crippen MR) is 85.0 cm³/mol. The van der Waals surface area contributed by atoms with Crippen LogP contribution in [0.25, 0.3) is 0 Å². The molecule has 2 N–H and O–H groups in total. The maximum Gasteiger partial charge on any atom is 0.305 e. The number of para-hydroxylation sites is 1. The zero-order chi connectivity index (χ0) is 15.8. The quantitative estimate of drug-likeness (QED) is 0.779. The van der Waals surface area contributed by atoms with Crippen molar-refractivity contribution in [1.82, 2.24) is 10.2 Å². The second kappa shape index (κ2) is 8.38. The van der Waals surface area contributed by atoms with E-state index in [-0.39, 0.29) is 18.9 Å². The Morgan fingerprint density at radius 1 is 1.05 bits per heavy atom. The number of piperazine rings is 1. The van der Waals surface area contributed by atoms with Gasteiger partial charge in [-0.25, -0.2) is 0 Å². The van der Waals surface area contributed by atoms with Gasteiger partial charge in [0, 0.05) is 51.4 Å². The van der Waals surface area contributed by atoms with Crippen LogP contribution >= 0.6 is 0 Å². The fourth-order valence-electron chi connectivity index (χ4n) is 2.53. The molecule has 0 spiro atoms. The second-order valence-electron chi connectivity index (χ2n) is 5.41. The van der Waals surface area contributed by atoms with Crippen molar-refractivity contribution < 1.29 is 14.7 Å². The summed E-state index contributed by atoms with van der Waals surface area (Å²) in [4.78, 5) is 26.6. The number of aliphatic carboxylic acids is 1. The Bertz CT molecular complexity index is 485. The van der Waals surface area contributed by atoms with Gasteiger partial charge in [0.05, 0.1) is 6.42 Å². The Morgan fingerprint density at radius 3 is 2.36 bits per heavy atom. The number of carboxylic acid groups (broad SMARTS) is 1. The highest BCUT2D eigenvalue weighted by molar-refractivity contribution is 5.76. The summed E-state index contributed by atoms with van der Waals surface area (Å²) in [6, 6.07) is 10.3. The molecule has 1 aliphatic rings. The summed E-state index contributed by atoms with van der Waals surface area (Å²) in [6.45, 7) is 4.74. The molecule has 6 heteroatoms. The van der Waals surface area contributed by atoms with Crippen LogP contribution in [0.3, 0.4) is 0 Å². The standard InChI is InChI=1S/C16H23N3O3/c20-15(17-8-6-16(21)22)7-9-18-10-12-19(13-11-18)14-4-2-1-3-5-14/h1-5H,6-13H2,(H,17,20)(H,21,22). The first-order valence-corrected chi connectivity index (χ1v) is 7.66. The van der Waals surface area contributed by atoms with E-state index in [4.69, 9.17) is 5.11 Å². The molecular formula is C16H23N3O3. The molecule has 1 heterocycles. The van der Waals surface area contributed by atoms with E-state index in [0.717, 1.165) is 32.7 Å². The molecule has 0 atom stereocenters. The van der Waals surface area contributed by atoms with E-state index in [1.165, 1.54) is 5.69 Å². The molecule has 1 amide bonds. The average Bonchev–Trinajstić information content (AvgIpc) is 2.54. The Kier molecular flexibility index (Phi) is 6.21. The number of carboxylic acids is 1. The number of anilines is 1. The molecule has 0 aliphatic carbocycles. The van der Waals surface area contributed by atoms with E-state index in [0.29, 0.717) is 6.42 Å². The molecule has 1 aromatic carbocycles. The summed E-state index contributed by atoms with van der Waals surface area (Å²) < 4.78 is 0. The number of carbonyl (C=O) groups excluding carboxylic acids is 1. The molecule has 0 bridgehead atoms. The van der Waals surface area contributed by atoms with Crippen molar-refractivity contribution in [3.63, 3.8) is 0 Å². The summed E-state index contributed by atoms with van der Waals surface area (Å²) in [5.41, 5.74) is 1.24. The molecule has 1 saturated heterocycles. The highest BCUT2D eigenvalue weighted by Gasteiger charge is 2.17. The first-order chi connectivity index (χ1) is 10.6. The Balaban J connectivity index is 1.63. The number of amides is 1. The SMILES string of the molecule is O=C(O)CCNC(=O)CCN1CCN(c2ccccc2)CC1. The average molecular weight is 305 g/mol. The minimum absolute atomic E-state index is 0.0263. The number of benzene rings is 1. The second-order valence-corrected chi connectivity index (χ2v) is 5.41. The fourth-order valence-corrected chi connectivity index (χ4v) is 2.53. The summed E-state index contributed by atoms with van der Waals surface area (Å²) in [7, 11) is 0. The number of nitrogens with zero attached hydrogens (tertiary/aromatic N) is 2. The van der Waals surface area contributed by atoms with Crippen LogP contribution in [-0.2, 0) is 9.59 Å². The summed E-state index contributed by atoms with van der Waals surface area (Å²) in [5.74, 6) is -0.968. The fraction of sp³-hybridized carbons (Fsp3) is 0.500. The third-order valence-corrected chi connectivity index (χ3v) is 3.81. The normalized spacial score (nSPS) is 15.5. The lowest BCUT2D eigenvalue weighted by Crippen LogP contribution is -2.47. The zero-order valence-electron chi connectivity index (χ0n) is 12.7. The van der Waals surface area contributed by atoms with Gasteiger partial charge in [-0.3, -0.25) is 14.5 Å². The van der Waals surface area contributed by atoms with Gasteiger partial charge in [-0.05, 0) is 12.1 Å². The van der Waals surface area contributed by atoms with Crippen LogP contribution in [0.5, 0.6) is 0 Å². The molecule has 6 nitrogen and oxygen atoms in total. The van der Waals surface area contributed by atoms with Crippen LogP contribution in [0.1, 0.15) is 12.8 Å². The molecular weight excluding hydrogens is 282 g/mol. The predicted octanol–water partition coefficient (Wildman–Crippen LogP) is 0.790. The molecule has 0 unspecified atom stereocenters. The van der Waals surface area contributed by atoms with Crippen LogP contribution < -0.4 is 10.2 Å². The smallest absolute Gasteiger partial charge is 0.305 e. The molecule has 22 heavy (non-hydrogen) atoms.